The Kier molecular flexibility index (Phi) is 3.75. The standard InChI is InChI=1S/C16H19N3O2/c1-11-10-21-12(2)9-19(11)16(20)15-8-14(17-18-15)13-6-4-3-5-7-13/h3-8,11-12H,9-10H2,1-2H3,(H,17,18)/t11-,12-/m1/s1. The third-order valence-electron chi connectivity index (χ3n) is 3.75. The molecule has 2 heterocycles. The molecule has 1 aliphatic heterocycles. The monoisotopic (exact) mass is 285 g/mol. The quantitative estimate of drug-likeness (QED) is 0.921. The number of morpholine rings is 1. The molecule has 5 heteroatoms. The highest BCUT2D eigenvalue weighted by Crippen LogP contribution is 2.19. The highest BCUT2D eigenvalue weighted by atomic mass is 16.5. The number of carbonyl (C=O) groups is 1. The second-order valence-electron chi connectivity index (χ2n) is 5.48. The van der Waals surface area contributed by atoms with Gasteiger partial charge in [0, 0.05) is 12.1 Å². The fourth-order valence-electron chi connectivity index (χ4n) is 2.53. The van der Waals surface area contributed by atoms with Gasteiger partial charge >= 0.3 is 0 Å². The SMILES string of the molecule is C[C@@H]1CN(C(=O)c2cc(-c3ccccc3)n[nH]2)[C@H](C)CO1. The third-order valence-corrected chi connectivity index (χ3v) is 3.75. The lowest BCUT2D eigenvalue weighted by molar-refractivity contribution is -0.0389. The molecule has 2 atom stereocenters. The summed E-state index contributed by atoms with van der Waals surface area (Å²) in [5.74, 6) is -0.0210. The average molecular weight is 285 g/mol. The predicted octanol–water partition coefficient (Wildman–Crippen LogP) is 2.33. The summed E-state index contributed by atoms with van der Waals surface area (Å²) in [6.07, 6.45) is 0.0710. The Bertz CT molecular complexity index is 623. The summed E-state index contributed by atoms with van der Waals surface area (Å²) in [6, 6.07) is 11.7. The van der Waals surface area contributed by atoms with Crippen molar-refractivity contribution in [1.29, 1.82) is 0 Å². The summed E-state index contributed by atoms with van der Waals surface area (Å²) >= 11 is 0. The van der Waals surface area contributed by atoms with Crippen LogP contribution in [0.2, 0.25) is 0 Å². The van der Waals surface area contributed by atoms with Crippen molar-refractivity contribution in [2.45, 2.75) is 26.0 Å². The lowest BCUT2D eigenvalue weighted by Gasteiger charge is -2.36. The van der Waals surface area contributed by atoms with Gasteiger partial charge in [-0.15, -0.1) is 0 Å². The summed E-state index contributed by atoms with van der Waals surface area (Å²) in [5.41, 5.74) is 2.30. The Morgan fingerprint density at radius 3 is 2.86 bits per heavy atom. The van der Waals surface area contributed by atoms with Gasteiger partial charge < -0.3 is 9.64 Å². The van der Waals surface area contributed by atoms with E-state index in [9.17, 15) is 4.79 Å². The van der Waals surface area contributed by atoms with E-state index in [-0.39, 0.29) is 18.1 Å². The van der Waals surface area contributed by atoms with Crippen LogP contribution in [0.1, 0.15) is 24.3 Å². The maximum atomic E-state index is 12.6. The maximum absolute atomic E-state index is 12.6. The van der Waals surface area contributed by atoms with Crippen molar-refractivity contribution in [3.8, 4) is 11.3 Å². The molecule has 0 bridgehead atoms. The topological polar surface area (TPSA) is 58.2 Å². The van der Waals surface area contributed by atoms with E-state index in [0.29, 0.717) is 18.8 Å². The summed E-state index contributed by atoms with van der Waals surface area (Å²) in [5, 5.41) is 7.10. The van der Waals surface area contributed by atoms with Crippen molar-refractivity contribution >= 4 is 5.91 Å². The molecule has 1 aliphatic rings. The summed E-state index contributed by atoms with van der Waals surface area (Å²) < 4.78 is 5.56. The number of amides is 1. The molecule has 0 aliphatic carbocycles. The van der Waals surface area contributed by atoms with Crippen molar-refractivity contribution in [2.75, 3.05) is 13.2 Å². The van der Waals surface area contributed by atoms with E-state index in [1.54, 1.807) is 0 Å². The number of carbonyl (C=O) groups excluding carboxylic acids is 1. The minimum Gasteiger partial charge on any atom is -0.375 e. The van der Waals surface area contributed by atoms with Gasteiger partial charge in [-0.05, 0) is 19.9 Å². The molecular formula is C16H19N3O2. The smallest absolute Gasteiger partial charge is 0.272 e. The van der Waals surface area contributed by atoms with E-state index in [2.05, 4.69) is 10.2 Å². The van der Waals surface area contributed by atoms with Gasteiger partial charge in [0.15, 0.2) is 0 Å². The van der Waals surface area contributed by atoms with Gasteiger partial charge in [0.25, 0.3) is 5.91 Å². The second-order valence-corrected chi connectivity index (χ2v) is 5.48. The van der Waals surface area contributed by atoms with E-state index in [1.807, 2.05) is 55.1 Å². The molecule has 2 aromatic rings. The first-order valence-corrected chi connectivity index (χ1v) is 7.18. The van der Waals surface area contributed by atoms with Gasteiger partial charge in [0.1, 0.15) is 5.69 Å². The van der Waals surface area contributed by atoms with Gasteiger partial charge in [-0.3, -0.25) is 9.89 Å². The van der Waals surface area contributed by atoms with E-state index < -0.39 is 0 Å². The fraction of sp³-hybridized carbons (Fsp3) is 0.375. The van der Waals surface area contributed by atoms with Crippen molar-refractivity contribution in [3.05, 3.63) is 42.1 Å². The van der Waals surface area contributed by atoms with Crippen LogP contribution >= 0.6 is 0 Å². The van der Waals surface area contributed by atoms with Crippen LogP contribution < -0.4 is 0 Å². The lowest BCUT2D eigenvalue weighted by atomic mass is 10.1. The molecule has 0 spiro atoms. The predicted molar refractivity (Wildman–Crippen MR) is 79.9 cm³/mol. The highest BCUT2D eigenvalue weighted by Gasteiger charge is 2.29. The molecule has 3 rings (SSSR count). The molecule has 1 fully saturated rings. The highest BCUT2D eigenvalue weighted by molar-refractivity contribution is 5.93. The molecule has 0 radical (unpaired) electrons. The first kappa shape index (κ1) is 13.8. The third kappa shape index (κ3) is 2.83. The van der Waals surface area contributed by atoms with Crippen LogP contribution in [0, 0.1) is 0 Å². The molecule has 1 saturated heterocycles. The summed E-state index contributed by atoms with van der Waals surface area (Å²) in [7, 11) is 0. The first-order chi connectivity index (χ1) is 10.1. The number of ether oxygens (including phenoxy) is 1. The Hall–Kier alpha value is -2.14. The van der Waals surface area contributed by atoms with Crippen LogP contribution in [0.4, 0.5) is 0 Å². The molecule has 0 saturated carbocycles. The average Bonchev–Trinajstić information content (AvgIpc) is 3.00. The lowest BCUT2D eigenvalue weighted by Crippen LogP contribution is -2.50. The van der Waals surface area contributed by atoms with Crippen LogP contribution in [-0.2, 0) is 4.74 Å². The van der Waals surface area contributed by atoms with Crippen LogP contribution in [0.25, 0.3) is 11.3 Å². The number of nitrogens with zero attached hydrogens (tertiary/aromatic N) is 2. The van der Waals surface area contributed by atoms with Gasteiger partial charge in [-0.25, -0.2) is 0 Å². The molecule has 1 aromatic heterocycles. The molecule has 5 nitrogen and oxygen atoms in total. The van der Waals surface area contributed by atoms with Crippen molar-refractivity contribution in [1.82, 2.24) is 15.1 Å². The Balaban J connectivity index is 1.81. The van der Waals surface area contributed by atoms with Crippen LogP contribution in [-0.4, -0.2) is 46.3 Å². The van der Waals surface area contributed by atoms with Crippen molar-refractivity contribution in [2.24, 2.45) is 0 Å². The molecular weight excluding hydrogens is 266 g/mol. The maximum Gasteiger partial charge on any atom is 0.272 e. The van der Waals surface area contributed by atoms with Crippen molar-refractivity contribution < 1.29 is 9.53 Å². The van der Waals surface area contributed by atoms with E-state index >= 15 is 0 Å². The summed E-state index contributed by atoms with van der Waals surface area (Å²) in [4.78, 5) is 14.4. The zero-order valence-electron chi connectivity index (χ0n) is 12.2. The number of rotatable bonds is 2. The molecule has 21 heavy (non-hydrogen) atoms. The van der Waals surface area contributed by atoms with E-state index in [1.165, 1.54) is 0 Å². The zero-order valence-corrected chi connectivity index (χ0v) is 12.2. The molecule has 110 valence electrons. The number of H-pyrrole nitrogens is 1. The van der Waals surface area contributed by atoms with Crippen LogP contribution in [0.5, 0.6) is 0 Å². The molecule has 0 unspecified atom stereocenters. The zero-order chi connectivity index (χ0) is 14.8. The van der Waals surface area contributed by atoms with E-state index in [0.717, 1.165) is 11.3 Å². The Morgan fingerprint density at radius 1 is 1.33 bits per heavy atom. The molecule has 1 aromatic carbocycles. The Labute approximate surface area is 123 Å². The van der Waals surface area contributed by atoms with Gasteiger partial charge in [-0.2, -0.15) is 5.10 Å². The van der Waals surface area contributed by atoms with Crippen LogP contribution in [0.3, 0.4) is 0 Å². The number of nitrogens with one attached hydrogen (secondary N) is 1. The Morgan fingerprint density at radius 2 is 2.10 bits per heavy atom. The number of benzene rings is 1. The number of aromatic nitrogens is 2. The number of hydrogen-bond acceptors (Lipinski definition) is 3. The first-order valence-electron chi connectivity index (χ1n) is 7.18. The number of hydrogen-bond donors (Lipinski definition) is 1. The van der Waals surface area contributed by atoms with E-state index in [4.69, 9.17) is 4.74 Å². The van der Waals surface area contributed by atoms with Crippen LogP contribution in [0.15, 0.2) is 36.4 Å². The molecule has 1 amide bonds. The van der Waals surface area contributed by atoms with Gasteiger partial charge in [0.2, 0.25) is 0 Å². The molecule has 1 N–H and O–H groups in total. The fourth-order valence-corrected chi connectivity index (χ4v) is 2.53. The summed E-state index contributed by atoms with van der Waals surface area (Å²) in [6.45, 7) is 5.17. The minimum atomic E-state index is -0.0210. The number of aromatic amines is 1. The normalized spacial score (nSPS) is 22.3. The van der Waals surface area contributed by atoms with Crippen molar-refractivity contribution in [3.63, 3.8) is 0 Å². The second kappa shape index (κ2) is 5.69. The largest absolute Gasteiger partial charge is 0.375 e. The minimum absolute atomic E-state index is 0.0210. The van der Waals surface area contributed by atoms with Gasteiger partial charge in [0.05, 0.1) is 24.4 Å². The van der Waals surface area contributed by atoms with Gasteiger partial charge in [-0.1, -0.05) is 30.3 Å².